The van der Waals surface area contributed by atoms with Crippen LogP contribution in [-0.4, -0.2) is 24.5 Å². The van der Waals surface area contributed by atoms with E-state index in [4.69, 9.17) is 19.4 Å². The van der Waals surface area contributed by atoms with Crippen LogP contribution >= 0.6 is 19.4 Å². The first-order chi connectivity index (χ1) is 14.2. The average Bonchev–Trinajstić information content (AvgIpc) is 2.82. The fraction of sp³-hybridized carbons (Fsp3) is 0.0435. The monoisotopic (exact) mass is 527 g/mol. The van der Waals surface area contributed by atoms with E-state index in [2.05, 4.69) is 19.9 Å². The number of pyridine rings is 4. The summed E-state index contributed by atoms with van der Waals surface area (Å²) in [7, 11) is 10.6. The number of hydrogen-bond acceptors (Lipinski definition) is 4. The van der Waals surface area contributed by atoms with Gasteiger partial charge in [-0.05, 0) is 70.8 Å². The Bertz CT molecular complexity index is 817. The topological polar surface area (TPSA) is 51.6 Å². The van der Waals surface area contributed by atoms with Gasteiger partial charge in [-0.3, -0.25) is 19.9 Å². The van der Waals surface area contributed by atoms with Gasteiger partial charge in [0.25, 0.3) is 0 Å². The third-order valence-electron chi connectivity index (χ3n) is 3.54. The summed E-state index contributed by atoms with van der Waals surface area (Å²) in [6, 6.07) is 15.9. The summed E-state index contributed by atoms with van der Waals surface area (Å²) < 4.78 is 1.84. The van der Waals surface area contributed by atoms with E-state index < -0.39 is 13.5 Å². The quantitative estimate of drug-likeness (QED) is 0.222. The van der Waals surface area contributed by atoms with Crippen molar-refractivity contribution in [2.75, 3.05) is 0 Å². The molecule has 4 aromatic rings. The van der Waals surface area contributed by atoms with Gasteiger partial charge in [0.05, 0.1) is 0 Å². The smallest absolute Gasteiger partial charge is 0.0273 e. The van der Waals surface area contributed by atoms with Crippen LogP contribution in [0.3, 0.4) is 0 Å². The Balaban J connectivity index is 0.000000241. The molecule has 0 amide bonds. The molecule has 0 spiro atoms. The molecule has 0 aliphatic carbocycles. The van der Waals surface area contributed by atoms with E-state index in [1.165, 1.54) is 22.3 Å². The van der Waals surface area contributed by atoms with Crippen LogP contribution in [0, 0.1) is 7.43 Å². The van der Waals surface area contributed by atoms with Gasteiger partial charge in [-0.2, -0.15) is 0 Å². The molecule has 4 aromatic heterocycles. The summed E-state index contributed by atoms with van der Waals surface area (Å²) >= 11 is -1.36. The van der Waals surface area contributed by atoms with E-state index in [0.29, 0.717) is 0 Å². The Morgan fingerprint density at radius 1 is 0.533 bits per heavy atom. The van der Waals surface area contributed by atoms with E-state index in [1.54, 1.807) is 49.6 Å². The van der Waals surface area contributed by atoms with E-state index >= 15 is 0 Å². The molecule has 30 heavy (non-hydrogen) atoms. The summed E-state index contributed by atoms with van der Waals surface area (Å²) in [5, 5.41) is 0. The van der Waals surface area contributed by atoms with Gasteiger partial charge in [0, 0.05) is 49.6 Å². The fourth-order valence-corrected chi connectivity index (χ4v) is 2.18. The van der Waals surface area contributed by atoms with Crippen molar-refractivity contribution in [2.24, 2.45) is 0 Å². The first kappa shape index (κ1) is 25.7. The molecule has 0 bridgehead atoms. The molecule has 0 saturated heterocycles. The molecule has 4 heterocycles. The van der Waals surface area contributed by atoms with Gasteiger partial charge >= 0.3 is 44.4 Å². The van der Waals surface area contributed by atoms with Gasteiger partial charge in [-0.15, -0.1) is 0 Å². The average molecular weight is 527 g/mol. The van der Waals surface area contributed by atoms with Gasteiger partial charge < -0.3 is 7.43 Å². The van der Waals surface area contributed by atoms with Crippen LogP contribution in [0.5, 0.6) is 0 Å². The Hall–Kier alpha value is -2.33. The third-order valence-corrected chi connectivity index (χ3v) is 6.13. The Morgan fingerprint density at radius 3 is 0.833 bits per heavy atom. The molecule has 158 valence electrons. The van der Waals surface area contributed by atoms with Crippen molar-refractivity contribution in [1.29, 1.82) is 0 Å². The van der Waals surface area contributed by atoms with Crippen LogP contribution in [0.15, 0.2) is 98.1 Å². The predicted octanol–water partition coefficient (Wildman–Crippen LogP) is 6.47. The summed E-state index contributed by atoms with van der Waals surface area (Å²) in [5.74, 6) is 0. The van der Waals surface area contributed by atoms with E-state index in [0.717, 1.165) is 0 Å². The maximum absolute atomic E-state index is 5.32. The van der Waals surface area contributed by atoms with Crippen molar-refractivity contribution in [3.8, 4) is 22.3 Å². The molecular weight excluding hydrogens is 504 g/mol. The maximum atomic E-state index is 5.32. The van der Waals surface area contributed by atoms with Gasteiger partial charge in [0.2, 0.25) is 0 Å². The first-order valence-electron chi connectivity index (χ1n) is 8.59. The second-order valence-electron chi connectivity index (χ2n) is 5.35. The van der Waals surface area contributed by atoms with Crippen molar-refractivity contribution < 1.29 is 13.5 Å². The molecule has 4 nitrogen and oxygen atoms in total. The minimum Gasteiger partial charge on any atom is -0.358 e. The molecule has 0 radical (unpaired) electrons. The van der Waals surface area contributed by atoms with Crippen LogP contribution < -0.4 is 0 Å². The number of nitrogens with zero attached hydrogens (tertiary/aromatic N) is 4. The zero-order chi connectivity index (χ0) is 20.7. The Kier molecular flexibility index (Phi) is 13.3. The number of halogens is 2. The normalized spacial score (nSPS) is 9.50. The van der Waals surface area contributed by atoms with Crippen molar-refractivity contribution in [2.45, 2.75) is 6.92 Å². The Labute approximate surface area is 191 Å². The number of aromatic nitrogens is 4. The summed E-state index contributed by atoms with van der Waals surface area (Å²) in [4.78, 5) is 15.8. The fourth-order valence-electron chi connectivity index (χ4n) is 2.18. The largest absolute Gasteiger partial charge is 0.358 e. The first-order valence-corrected chi connectivity index (χ1v) is 14.1. The van der Waals surface area contributed by atoms with Gasteiger partial charge in [0.15, 0.2) is 0 Å². The SMILES string of the molecule is C[CH]=[Ru]([Cl])[Cl].[CH3-].c1cc(-c2ccncc2)ccn1.c1cc(-c2ccncc2)ccn1. The molecule has 0 aliphatic rings. The molecule has 4 rings (SSSR count). The van der Waals surface area contributed by atoms with Crippen molar-refractivity contribution in [3.63, 3.8) is 0 Å². The zero-order valence-corrected chi connectivity index (χ0v) is 20.0. The number of rotatable bonds is 2. The maximum Gasteiger partial charge on any atom is 0.0273 e. The molecule has 0 N–H and O–H groups in total. The second kappa shape index (κ2) is 15.5. The standard InChI is InChI=1S/2C10H8N2.C2H4.CH3.2ClH.Ru/c2*1-5-11-6-2-9(1)10-3-7-12-8-4-10;1-2;;;;/h2*1-8H;1H,2H3;1H3;2*1H;/q;;;-1;;;+2/p-2. The van der Waals surface area contributed by atoms with E-state index in [1.807, 2.05) is 60.1 Å². The van der Waals surface area contributed by atoms with Crippen LogP contribution in [0.1, 0.15) is 6.92 Å². The second-order valence-corrected chi connectivity index (χ2v) is 11.6. The molecule has 0 atom stereocenters. The molecule has 0 fully saturated rings. The van der Waals surface area contributed by atoms with E-state index in [-0.39, 0.29) is 7.43 Å². The van der Waals surface area contributed by atoms with Crippen molar-refractivity contribution >= 4 is 24.0 Å². The van der Waals surface area contributed by atoms with Crippen molar-refractivity contribution in [3.05, 3.63) is 106 Å². The van der Waals surface area contributed by atoms with Gasteiger partial charge in [0.1, 0.15) is 0 Å². The molecule has 0 aliphatic heterocycles. The van der Waals surface area contributed by atoms with Crippen LogP contribution in [-0.2, 0) is 13.5 Å². The Morgan fingerprint density at radius 2 is 0.700 bits per heavy atom. The molecule has 0 saturated carbocycles. The van der Waals surface area contributed by atoms with Crippen LogP contribution in [0.2, 0.25) is 0 Å². The molecule has 0 aromatic carbocycles. The summed E-state index contributed by atoms with van der Waals surface area (Å²) in [6.45, 7) is 1.87. The molecule has 0 unspecified atom stereocenters. The number of hydrogen-bond donors (Lipinski definition) is 0. The molecular formula is C23H23Cl2N4Ru-. The van der Waals surface area contributed by atoms with Gasteiger partial charge in [-0.25, -0.2) is 0 Å². The zero-order valence-electron chi connectivity index (χ0n) is 16.7. The summed E-state index contributed by atoms with van der Waals surface area (Å²) in [6.07, 6.45) is 14.3. The predicted molar refractivity (Wildman–Crippen MR) is 125 cm³/mol. The third kappa shape index (κ3) is 9.93. The minimum absolute atomic E-state index is 0. The van der Waals surface area contributed by atoms with E-state index in [9.17, 15) is 0 Å². The van der Waals surface area contributed by atoms with Crippen LogP contribution in [0.4, 0.5) is 0 Å². The van der Waals surface area contributed by atoms with Gasteiger partial charge in [-0.1, -0.05) is 0 Å². The minimum atomic E-state index is -1.36. The van der Waals surface area contributed by atoms with Crippen molar-refractivity contribution in [1.82, 2.24) is 19.9 Å². The summed E-state index contributed by atoms with van der Waals surface area (Å²) in [5.41, 5.74) is 4.69. The van der Waals surface area contributed by atoms with Crippen LogP contribution in [0.25, 0.3) is 22.3 Å². The molecule has 7 heteroatoms.